The summed E-state index contributed by atoms with van der Waals surface area (Å²) in [4.78, 5) is 24.5. The van der Waals surface area contributed by atoms with Crippen LogP contribution in [0.4, 0.5) is 8.78 Å². The molecule has 20 heavy (non-hydrogen) atoms. The molecule has 0 saturated carbocycles. The normalized spacial score (nSPS) is 18.4. The number of likely N-dealkylation sites (tertiary alicyclic amines) is 1. The van der Waals surface area contributed by atoms with Gasteiger partial charge in [0, 0.05) is 18.0 Å². The van der Waals surface area contributed by atoms with Gasteiger partial charge < -0.3 is 9.64 Å². The maximum atomic E-state index is 13.6. The van der Waals surface area contributed by atoms with Crippen molar-refractivity contribution in [3.8, 4) is 0 Å². The summed E-state index contributed by atoms with van der Waals surface area (Å²) in [5.41, 5.74) is -0.155. The van der Waals surface area contributed by atoms with Crippen molar-refractivity contribution in [3.05, 3.63) is 35.4 Å². The first-order valence-electron chi connectivity index (χ1n) is 6.32. The van der Waals surface area contributed by atoms with Crippen LogP contribution in [0.1, 0.15) is 24.8 Å². The lowest BCUT2D eigenvalue weighted by Crippen LogP contribution is -2.34. The topological polar surface area (TPSA) is 46.6 Å². The quantitative estimate of drug-likeness (QED) is 0.794. The number of hydrogen-bond donors (Lipinski definition) is 0. The predicted molar refractivity (Wildman–Crippen MR) is 66.6 cm³/mol. The van der Waals surface area contributed by atoms with E-state index in [0.29, 0.717) is 6.42 Å². The molecule has 1 aromatic carbocycles. The third-order valence-electron chi connectivity index (χ3n) is 3.47. The lowest BCUT2D eigenvalue weighted by atomic mass is 10.1. The van der Waals surface area contributed by atoms with Crippen LogP contribution >= 0.6 is 0 Å². The van der Waals surface area contributed by atoms with Gasteiger partial charge >= 0.3 is 5.97 Å². The first-order valence-corrected chi connectivity index (χ1v) is 6.32. The second kappa shape index (κ2) is 5.98. The number of methoxy groups -OCH3 is 1. The third kappa shape index (κ3) is 2.95. The van der Waals surface area contributed by atoms with E-state index in [0.717, 1.165) is 12.1 Å². The van der Waals surface area contributed by atoms with E-state index in [1.165, 1.54) is 18.1 Å². The molecule has 0 aliphatic carbocycles. The second-order valence-corrected chi connectivity index (χ2v) is 4.69. The molecule has 1 fully saturated rings. The van der Waals surface area contributed by atoms with Crippen molar-refractivity contribution in [2.45, 2.75) is 31.8 Å². The van der Waals surface area contributed by atoms with E-state index in [-0.39, 0.29) is 36.9 Å². The van der Waals surface area contributed by atoms with Gasteiger partial charge in [-0.05, 0) is 18.6 Å². The van der Waals surface area contributed by atoms with E-state index in [9.17, 15) is 18.4 Å². The molecule has 1 heterocycles. The molecule has 0 bridgehead atoms. The minimum Gasteiger partial charge on any atom is -0.469 e. The highest BCUT2D eigenvalue weighted by molar-refractivity contribution is 5.80. The Hall–Kier alpha value is -1.98. The fourth-order valence-electron chi connectivity index (χ4n) is 2.35. The second-order valence-electron chi connectivity index (χ2n) is 4.69. The van der Waals surface area contributed by atoms with Gasteiger partial charge in [0.25, 0.3) is 0 Å². The summed E-state index contributed by atoms with van der Waals surface area (Å²) in [5, 5.41) is 0. The fraction of sp³-hybridized carbons (Fsp3) is 0.429. The Balaban J connectivity index is 2.17. The molecule has 1 aromatic rings. The Morgan fingerprint density at radius 1 is 1.40 bits per heavy atom. The zero-order valence-electron chi connectivity index (χ0n) is 11.1. The van der Waals surface area contributed by atoms with Crippen molar-refractivity contribution in [1.29, 1.82) is 0 Å². The van der Waals surface area contributed by atoms with Crippen molar-refractivity contribution in [1.82, 2.24) is 4.90 Å². The molecule has 2 rings (SSSR count). The minimum absolute atomic E-state index is 0.0400. The van der Waals surface area contributed by atoms with Gasteiger partial charge in [-0.1, -0.05) is 6.07 Å². The number of nitrogens with zero attached hydrogens (tertiary/aromatic N) is 1. The molecular weight excluding hydrogens is 268 g/mol. The molecule has 0 spiro atoms. The number of rotatable bonds is 4. The van der Waals surface area contributed by atoms with Crippen LogP contribution < -0.4 is 0 Å². The minimum atomic E-state index is -0.693. The standard InChI is InChI=1S/C14H15F2NO3/c1-20-14(19)7-9-5-6-13(18)17(9)8-10-11(15)3-2-4-12(10)16/h2-4,9H,5-8H2,1H3. The molecule has 1 aliphatic rings. The van der Waals surface area contributed by atoms with Crippen molar-refractivity contribution in [2.75, 3.05) is 7.11 Å². The number of halogens is 2. The van der Waals surface area contributed by atoms with E-state index in [4.69, 9.17) is 0 Å². The molecule has 1 amide bonds. The predicted octanol–water partition coefficient (Wildman–Crippen LogP) is 2.02. The SMILES string of the molecule is COC(=O)CC1CCC(=O)N1Cc1c(F)cccc1F. The summed E-state index contributed by atoms with van der Waals surface area (Å²) in [5.74, 6) is -2.03. The van der Waals surface area contributed by atoms with Crippen LogP contribution in [0.2, 0.25) is 0 Å². The summed E-state index contributed by atoms with van der Waals surface area (Å²) in [6.45, 7) is -0.168. The number of ether oxygens (including phenoxy) is 1. The number of carbonyl (C=O) groups is 2. The van der Waals surface area contributed by atoms with Gasteiger partial charge in [-0.2, -0.15) is 0 Å². The summed E-state index contributed by atoms with van der Waals surface area (Å²) < 4.78 is 31.8. The van der Waals surface area contributed by atoms with E-state index >= 15 is 0 Å². The average molecular weight is 283 g/mol. The molecule has 6 heteroatoms. The summed E-state index contributed by atoms with van der Waals surface area (Å²) in [7, 11) is 1.26. The lowest BCUT2D eigenvalue weighted by molar-refractivity contribution is -0.142. The fourth-order valence-corrected chi connectivity index (χ4v) is 2.35. The van der Waals surface area contributed by atoms with E-state index < -0.39 is 17.6 Å². The van der Waals surface area contributed by atoms with Crippen LogP contribution in [0, 0.1) is 11.6 Å². The number of benzene rings is 1. The largest absolute Gasteiger partial charge is 0.469 e. The van der Waals surface area contributed by atoms with Crippen LogP contribution in [0.5, 0.6) is 0 Å². The van der Waals surface area contributed by atoms with Crippen molar-refractivity contribution in [3.63, 3.8) is 0 Å². The smallest absolute Gasteiger partial charge is 0.307 e. The molecule has 0 aromatic heterocycles. The van der Waals surface area contributed by atoms with E-state index in [1.54, 1.807) is 0 Å². The molecule has 0 radical (unpaired) electrons. The zero-order chi connectivity index (χ0) is 14.7. The van der Waals surface area contributed by atoms with Gasteiger partial charge in [0.2, 0.25) is 5.91 Å². The molecule has 0 N–H and O–H groups in total. The monoisotopic (exact) mass is 283 g/mol. The Bertz CT molecular complexity index is 513. The Morgan fingerprint density at radius 2 is 2.05 bits per heavy atom. The van der Waals surface area contributed by atoms with Gasteiger partial charge in [0.1, 0.15) is 11.6 Å². The highest BCUT2D eigenvalue weighted by Gasteiger charge is 2.33. The lowest BCUT2D eigenvalue weighted by Gasteiger charge is -2.24. The van der Waals surface area contributed by atoms with Crippen LogP contribution in [0.25, 0.3) is 0 Å². The van der Waals surface area contributed by atoms with Crippen LogP contribution in [0.15, 0.2) is 18.2 Å². The molecule has 1 saturated heterocycles. The number of carbonyl (C=O) groups excluding carboxylic acids is 2. The number of amides is 1. The average Bonchev–Trinajstić information content (AvgIpc) is 2.75. The molecule has 4 nitrogen and oxygen atoms in total. The van der Waals surface area contributed by atoms with Gasteiger partial charge in [-0.25, -0.2) is 8.78 Å². The Kier molecular flexibility index (Phi) is 4.32. The van der Waals surface area contributed by atoms with Crippen LogP contribution in [-0.2, 0) is 20.9 Å². The summed E-state index contributed by atoms with van der Waals surface area (Å²) in [6, 6.07) is 3.20. The van der Waals surface area contributed by atoms with Crippen molar-refractivity contribution >= 4 is 11.9 Å². The zero-order valence-corrected chi connectivity index (χ0v) is 11.1. The van der Waals surface area contributed by atoms with E-state index in [1.807, 2.05) is 0 Å². The number of esters is 1. The molecular formula is C14H15F2NO3. The van der Waals surface area contributed by atoms with Crippen LogP contribution in [0.3, 0.4) is 0 Å². The maximum absolute atomic E-state index is 13.6. The summed E-state index contributed by atoms with van der Waals surface area (Å²) >= 11 is 0. The van der Waals surface area contributed by atoms with Gasteiger partial charge in [-0.15, -0.1) is 0 Å². The third-order valence-corrected chi connectivity index (χ3v) is 3.47. The van der Waals surface area contributed by atoms with Gasteiger partial charge in [-0.3, -0.25) is 9.59 Å². The van der Waals surface area contributed by atoms with Crippen molar-refractivity contribution in [2.24, 2.45) is 0 Å². The summed E-state index contributed by atoms with van der Waals surface area (Å²) in [6.07, 6.45) is 0.806. The maximum Gasteiger partial charge on any atom is 0.307 e. The Labute approximate surface area is 115 Å². The van der Waals surface area contributed by atoms with Gasteiger partial charge in [0.05, 0.1) is 20.1 Å². The highest BCUT2D eigenvalue weighted by atomic mass is 19.1. The molecule has 1 aliphatic heterocycles. The molecule has 1 atom stereocenters. The van der Waals surface area contributed by atoms with Crippen molar-refractivity contribution < 1.29 is 23.1 Å². The first kappa shape index (κ1) is 14.4. The number of hydrogen-bond acceptors (Lipinski definition) is 3. The molecule has 1 unspecified atom stereocenters. The highest BCUT2D eigenvalue weighted by Crippen LogP contribution is 2.25. The van der Waals surface area contributed by atoms with Gasteiger partial charge in [0.15, 0.2) is 0 Å². The molecule has 108 valence electrons. The Morgan fingerprint density at radius 3 is 2.65 bits per heavy atom. The first-order chi connectivity index (χ1) is 9.52. The van der Waals surface area contributed by atoms with E-state index in [2.05, 4.69) is 4.74 Å². The van der Waals surface area contributed by atoms with Crippen LogP contribution in [-0.4, -0.2) is 29.9 Å².